The molecule has 44 heavy (non-hydrogen) atoms. The number of carbonyl (C=O) groups is 2. The van der Waals surface area contributed by atoms with Crippen molar-refractivity contribution in [2.75, 3.05) is 36.9 Å². The molecule has 2 amide bonds. The quantitative estimate of drug-likeness (QED) is 0.251. The SMILES string of the molecule is CC(C)CNC(=O)C(Cc1ccccc1)N(Cc1cccc(Br)c1)C(=O)CCCN(c1ccc2c(c1)OCCO2)S(C)(=O)=O. The minimum absolute atomic E-state index is 0.0489. The van der Waals surface area contributed by atoms with Crippen molar-refractivity contribution in [3.05, 3.63) is 88.4 Å². The molecule has 0 spiro atoms. The van der Waals surface area contributed by atoms with Crippen LogP contribution in [0.4, 0.5) is 5.69 Å². The molecule has 1 N–H and O–H groups in total. The summed E-state index contributed by atoms with van der Waals surface area (Å²) < 4.78 is 39.0. The van der Waals surface area contributed by atoms with Crippen LogP contribution >= 0.6 is 15.9 Å². The van der Waals surface area contributed by atoms with E-state index in [0.717, 1.165) is 21.9 Å². The highest BCUT2D eigenvalue weighted by Gasteiger charge is 2.31. The predicted octanol–water partition coefficient (Wildman–Crippen LogP) is 5.18. The van der Waals surface area contributed by atoms with E-state index in [1.807, 2.05) is 68.4 Å². The Bertz CT molecular complexity index is 1530. The molecule has 0 radical (unpaired) electrons. The number of rotatable bonds is 14. The molecule has 0 saturated carbocycles. The summed E-state index contributed by atoms with van der Waals surface area (Å²) in [5.41, 5.74) is 2.24. The standard InChI is InChI=1S/C33H40BrN3O6S/c1-24(2)22-35-33(39)29(20-25-9-5-4-6-10-25)36(23-26-11-7-12-27(34)19-26)32(38)13-8-16-37(44(3,40)41)28-14-15-30-31(21-28)43-18-17-42-30/h4-7,9-12,14-15,19,21,24,29H,8,13,16-18,20,22-23H2,1-3H3,(H,35,39). The van der Waals surface area contributed by atoms with Gasteiger partial charge in [0.1, 0.15) is 19.3 Å². The van der Waals surface area contributed by atoms with Gasteiger partial charge in [-0.15, -0.1) is 0 Å². The topological polar surface area (TPSA) is 105 Å². The van der Waals surface area contributed by atoms with E-state index in [1.165, 1.54) is 4.31 Å². The molecule has 1 heterocycles. The van der Waals surface area contributed by atoms with Crippen LogP contribution in [0.15, 0.2) is 77.3 Å². The maximum Gasteiger partial charge on any atom is 0.243 e. The molecule has 0 aromatic heterocycles. The Labute approximate surface area is 268 Å². The highest BCUT2D eigenvalue weighted by Crippen LogP contribution is 2.35. The first-order valence-corrected chi connectivity index (χ1v) is 17.4. The van der Waals surface area contributed by atoms with Crippen LogP contribution in [-0.2, 0) is 32.6 Å². The number of fused-ring (bicyclic) bond motifs is 1. The highest BCUT2D eigenvalue weighted by molar-refractivity contribution is 9.10. The maximum atomic E-state index is 14.0. The monoisotopic (exact) mass is 685 g/mol. The summed E-state index contributed by atoms with van der Waals surface area (Å²) in [5, 5.41) is 3.02. The average Bonchev–Trinajstić information content (AvgIpc) is 2.99. The Kier molecular flexibility index (Phi) is 11.7. The van der Waals surface area contributed by atoms with Gasteiger partial charge in [-0.1, -0.05) is 72.2 Å². The van der Waals surface area contributed by atoms with Gasteiger partial charge in [0.2, 0.25) is 21.8 Å². The molecule has 1 atom stereocenters. The lowest BCUT2D eigenvalue weighted by Crippen LogP contribution is -2.51. The summed E-state index contributed by atoms with van der Waals surface area (Å²) >= 11 is 3.51. The van der Waals surface area contributed by atoms with E-state index in [9.17, 15) is 18.0 Å². The zero-order valence-electron chi connectivity index (χ0n) is 25.4. The molecule has 3 aromatic carbocycles. The Morgan fingerprint density at radius 1 is 0.932 bits per heavy atom. The molecule has 236 valence electrons. The summed E-state index contributed by atoms with van der Waals surface area (Å²) in [6.45, 7) is 5.65. The van der Waals surface area contributed by atoms with Crippen LogP contribution in [0, 0.1) is 5.92 Å². The first-order valence-electron chi connectivity index (χ1n) is 14.7. The second-order valence-electron chi connectivity index (χ2n) is 11.3. The number of halogens is 1. The minimum Gasteiger partial charge on any atom is -0.486 e. The van der Waals surface area contributed by atoms with Crippen molar-refractivity contribution in [1.82, 2.24) is 10.2 Å². The van der Waals surface area contributed by atoms with Crippen LogP contribution in [0.2, 0.25) is 0 Å². The van der Waals surface area contributed by atoms with Crippen LogP contribution in [0.5, 0.6) is 11.5 Å². The van der Waals surface area contributed by atoms with Gasteiger partial charge in [-0.3, -0.25) is 13.9 Å². The van der Waals surface area contributed by atoms with Gasteiger partial charge in [0.25, 0.3) is 0 Å². The normalized spacial score (nSPS) is 13.3. The van der Waals surface area contributed by atoms with Crippen LogP contribution < -0.4 is 19.1 Å². The van der Waals surface area contributed by atoms with E-state index >= 15 is 0 Å². The molecule has 0 saturated heterocycles. The third kappa shape index (κ3) is 9.46. The first kappa shape index (κ1) is 33.3. The molecular formula is C33H40BrN3O6S. The number of carbonyl (C=O) groups excluding carboxylic acids is 2. The average molecular weight is 687 g/mol. The first-order chi connectivity index (χ1) is 21.0. The van der Waals surface area contributed by atoms with E-state index in [1.54, 1.807) is 23.1 Å². The number of sulfonamides is 1. The van der Waals surface area contributed by atoms with E-state index in [4.69, 9.17) is 9.47 Å². The van der Waals surface area contributed by atoms with Crippen molar-refractivity contribution in [3.63, 3.8) is 0 Å². The van der Waals surface area contributed by atoms with Crippen LogP contribution in [-0.4, -0.2) is 63.7 Å². The van der Waals surface area contributed by atoms with Crippen molar-refractivity contribution in [3.8, 4) is 11.5 Å². The van der Waals surface area contributed by atoms with E-state index < -0.39 is 16.1 Å². The fourth-order valence-electron chi connectivity index (χ4n) is 5.00. The number of anilines is 1. The van der Waals surface area contributed by atoms with Crippen molar-refractivity contribution < 1.29 is 27.5 Å². The number of amides is 2. The molecule has 4 rings (SSSR count). The smallest absolute Gasteiger partial charge is 0.243 e. The summed E-state index contributed by atoms with van der Waals surface area (Å²) in [7, 11) is -3.66. The second kappa shape index (κ2) is 15.4. The largest absolute Gasteiger partial charge is 0.486 e. The third-order valence-electron chi connectivity index (χ3n) is 7.16. The van der Waals surface area contributed by atoms with Gasteiger partial charge in [-0.2, -0.15) is 0 Å². The summed E-state index contributed by atoms with van der Waals surface area (Å²) in [5.74, 6) is 0.830. The molecule has 0 fully saturated rings. The fourth-order valence-corrected chi connectivity index (χ4v) is 6.40. The maximum absolute atomic E-state index is 14.0. The molecule has 0 bridgehead atoms. The zero-order chi connectivity index (χ0) is 31.7. The number of nitrogens with one attached hydrogen (secondary N) is 1. The molecule has 1 aliphatic rings. The molecule has 3 aromatic rings. The van der Waals surface area contributed by atoms with Crippen LogP contribution in [0.25, 0.3) is 0 Å². The summed E-state index contributed by atoms with van der Waals surface area (Å²) in [6.07, 6.45) is 1.78. The van der Waals surface area contributed by atoms with E-state index in [0.29, 0.717) is 43.4 Å². The number of nitrogens with zero attached hydrogens (tertiary/aromatic N) is 2. The lowest BCUT2D eigenvalue weighted by molar-refractivity contribution is -0.141. The van der Waals surface area contributed by atoms with Gasteiger partial charge in [0.05, 0.1) is 11.9 Å². The van der Waals surface area contributed by atoms with Gasteiger partial charge >= 0.3 is 0 Å². The number of hydrogen-bond acceptors (Lipinski definition) is 6. The molecule has 1 unspecified atom stereocenters. The van der Waals surface area contributed by atoms with E-state index in [-0.39, 0.29) is 43.7 Å². The van der Waals surface area contributed by atoms with Crippen LogP contribution in [0.3, 0.4) is 0 Å². The number of ether oxygens (including phenoxy) is 2. The zero-order valence-corrected chi connectivity index (χ0v) is 27.8. The molecule has 1 aliphatic heterocycles. The molecule has 9 nitrogen and oxygen atoms in total. The number of hydrogen-bond donors (Lipinski definition) is 1. The Morgan fingerprint density at radius 2 is 1.64 bits per heavy atom. The van der Waals surface area contributed by atoms with Gasteiger partial charge in [0.15, 0.2) is 11.5 Å². The van der Waals surface area contributed by atoms with Gasteiger partial charge < -0.3 is 19.7 Å². The molecule has 0 aliphatic carbocycles. The lowest BCUT2D eigenvalue weighted by Gasteiger charge is -2.32. The minimum atomic E-state index is -3.66. The summed E-state index contributed by atoms with van der Waals surface area (Å²) in [4.78, 5) is 29.3. The molecule has 11 heteroatoms. The van der Waals surface area contributed by atoms with Gasteiger partial charge in [-0.05, 0) is 47.7 Å². The lowest BCUT2D eigenvalue weighted by atomic mass is 10.0. The Morgan fingerprint density at radius 3 is 2.32 bits per heavy atom. The highest BCUT2D eigenvalue weighted by atomic mass is 79.9. The predicted molar refractivity (Wildman–Crippen MR) is 175 cm³/mol. The van der Waals surface area contributed by atoms with Crippen molar-refractivity contribution in [2.24, 2.45) is 5.92 Å². The van der Waals surface area contributed by atoms with Crippen molar-refractivity contribution in [2.45, 2.75) is 45.7 Å². The molecular weight excluding hydrogens is 646 g/mol. The van der Waals surface area contributed by atoms with E-state index in [2.05, 4.69) is 21.2 Å². The van der Waals surface area contributed by atoms with Crippen molar-refractivity contribution >= 4 is 43.5 Å². The van der Waals surface area contributed by atoms with Gasteiger partial charge in [-0.25, -0.2) is 8.42 Å². The summed E-state index contributed by atoms with van der Waals surface area (Å²) in [6, 6.07) is 21.5. The van der Waals surface area contributed by atoms with Crippen molar-refractivity contribution in [1.29, 1.82) is 0 Å². The number of benzene rings is 3. The Hall–Kier alpha value is -3.57. The van der Waals surface area contributed by atoms with Gasteiger partial charge in [0, 0.05) is 43.0 Å². The second-order valence-corrected chi connectivity index (χ2v) is 14.1. The Balaban J connectivity index is 1.57. The van der Waals surface area contributed by atoms with Crippen LogP contribution in [0.1, 0.15) is 37.8 Å². The fraction of sp³-hybridized carbons (Fsp3) is 0.394. The third-order valence-corrected chi connectivity index (χ3v) is 8.85.